The molecule has 0 N–H and O–H groups in total. The highest BCUT2D eigenvalue weighted by molar-refractivity contribution is 5.70. The third kappa shape index (κ3) is 53.4. The van der Waals surface area contributed by atoms with Crippen molar-refractivity contribution in [3.63, 3.8) is 0 Å². The summed E-state index contributed by atoms with van der Waals surface area (Å²) in [5.74, 6) is -2.28. The predicted octanol–water partition coefficient (Wildman–Crippen LogP) is 15.8. The van der Waals surface area contributed by atoms with E-state index in [4.69, 9.17) is 18.9 Å². The standard InChI is InChI=1S/C60H113NO8/c1-6-8-10-12-14-16-18-20-22-23-24-25-26-27-28-29-30-31-32-33-34-35-37-39-41-43-45-47-49-51-58(63)69-56(55-68-60(59(64)65)66-53-52-61(3,4)5)54-67-57(62)50-48-46-44-42-40-38-36-21-19-17-15-13-11-9-7-2/h21,23-24,36,56,60H,6-20,22,25-35,37-55H2,1-5H3/b24-23-,36-21-. The smallest absolute Gasteiger partial charge is 0.306 e. The number of carbonyl (C=O) groups is 3. The lowest BCUT2D eigenvalue weighted by molar-refractivity contribution is -0.870. The molecule has 0 rings (SSSR count). The minimum Gasteiger partial charge on any atom is -0.545 e. The zero-order valence-electron chi connectivity index (χ0n) is 46.2. The maximum Gasteiger partial charge on any atom is 0.306 e. The number of nitrogens with zero attached hydrogens (tertiary/aromatic N) is 1. The van der Waals surface area contributed by atoms with Gasteiger partial charge in [-0.1, -0.05) is 231 Å². The molecule has 406 valence electrons. The quantitative estimate of drug-likeness (QED) is 0.0195. The molecule has 0 aromatic carbocycles. The van der Waals surface area contributed by atoms with Crippen LogP contribution in [0, 0.1) is 0 Å². The van der Waals surface area contributed by atoms with Gasteiger partial charge in [0.1, 0.15) is 13.2 Å². The second-order valence-corrected chi connectivity index (χ2v) is 21.3. The third-order valence-electron chi connectivity index (χ3n) is 13.2. The molecular weight excluding hydrogens is 863 g/mol. The second kappa shape index (κ2) is 52.1. The number of ether oxygens (including phenoxy) is 4. The summed E-state index contributed by atoms with van der Waals surface area (Å²) in [4.78, 5) is 37.2. The Morgan fingerprint density at radius 3 is 1.07 bits per heavy atom. The zero-order valence-corrected chi connectivity index (χ0v) is 46.2. The van der Waals surface area contributed by atoms with Crippen LogP contribution in [0.3, 0.4) is 0 Å². The highest BCUT2D eigenvalue weighted by atomic mass is 16.7. The Morgan fingerprint density at radius 1 is 0.420 bits per heavy atom. The summed E-state index contributed by atoms with van der Waals surface area (Å²) in [6.07, 6.45) is 58.1. The van der Waals surface area contributed by atoms with Gasteiger partial charge in [0.05, 0.1) is 40.3 Å². The van der Waals surface area contributed by atoms with Gasteiger partial charge < -0.3 is 33.3 Å². The summed E-state index contributed by atoms with van der Waals surface area (Å²) >= 11 is 0. The molecule has 2 unspecified atom stereocenters. The summed E-state index contributed by atoms with van der Waals surface area (Å²) in [5.41, 5.74) is 0. The molecule has 0 saturated heterocycles. The highest BCUT2D eigenvalue weighted by Gasteiger charge is 2.22. The normalized spacial score (nSPS) is 12.9. The van der Waals surface area contributed by atoms with Gasteiger partial charge in [0.15, 0.2) is 12.4 Å². The SMILES string of the molecule is CCCCCCCC/C=C\CCCCCCCC(=O)OCC(COC(OCC[N+](C)(C)C)C(=O)[O-])OC(=O)CCCCCCCCCCCCCCCCCCC/C=C\CCCCCCCCCC. The molecule has 9 nitrogen and oxygen atoms in total. The van der Waals surface area contributed by atoms with Crippen LogP contribution in [-0.2, 0) is 33.3 Å². The average molecular weight is 977 g/mol. The van der Waals surface area contributed by atoms with Gasteiger partial charge in [-0.05, 0) is 64.2 Å². The average Bonchev–Trinajstić information content (AvgIpc) is 3.31. The maximum atomic E-state index is 12.9. The summed E-state index contributed by atoms with van der Waals surface area (Å²) in [6.45, 7) is 4.77. The highest BCUT2D eigenvalue weighted by Crippen LogP contribution is 2.17. The van der Waals surface area contributed by atoms with E-state index in [1.165, 1.54) is 199 Å². The van der Waals surface area contributed by atoms with Crippen LogP contribution < -0.4 is 5.11 Å². The number of aliphatic carboxylic acids is 1. The molecule has 0 aromatic rings. The van der Waals surface area contributed by atoms with Crippen molar-refractivity contribution in [2.24, 2.45) is 0 Å². The first kappa shape index (κ1) is 66.8. The van der Waals surface area contributed by atoms with Crippen molar-refractivity contribution >= 4 is 17.9 Å². The third-order valence-corrected chi connectivity index (χ3v) is 13.2. The van der Waals surface area contributed by atoms with Crippen LogP contribution in [0.1, 0.15) is 284 Å². The fraction of sp³-hybridized carbons (Fsp3) is 0.883. The molecule has 0 aliphatic heterocycles. The van der Waals surface area contributed by atoms with E-state index in [9.17, 15) is 19.5 Å². The number of quaternary nitrogens is 1. The fourth-order valence-electron chi connectivity index (χ4n) is 8.59. The molecule has 2 atom stereocenters. The number of likely N-dealkylation sites (N-methyl/N-ethyl adjacent to an activating group) is 1. The van der Waals surface area contributed by atoms with Crippen LogP contribution in [0.2, 0.25) is 0 Å². The minimum absolute atomic E-state index is 0.149. The number of hydrogen-bond donors (Lipinski definition) is 0. The van der Waals surface area contributed by atoms with Gasteiger partial charge in [-0.25, -0.2) is 0 Å². The van der Waals surface area contributed by atoms with Gasteiger partial charge >= 0.3 is 11.9 Å². The molecule has 0 aromatic heterocycles. The van der Waals surface area contributed by atoms with E-state index in [0.717, 1.165) is 51.4 Å². The molecule has 0 fully saturated rings. The Bertz CT molecular complexity index is 1180. The predicted molar refractivity (Wildman–Crippen MR) is 288 cm³/mol. The summed E-state index contributed by atoms with van der Waals surface area (Å²) in [6, 6.07) is 0. The fourth-order valence-corrected chi connectivity index (χ4v) is 8.59. The Kier molecular flexibility index (Phi) is 50.4. The number of carbonyl (C=O) groups excluding carboxylic acids is 3. The van der Waals surface area contributed by atoms with Crippen molar-refractivity contribution in [2.75, 3.05) is 47.5 Å². The summed E-state index contributed by atoms with van der Waals surface area (Å²) in [7, 11) is 5.93. The van der Waals surface area contributed by atoms with Crippen molar-refractivity contribution in [1.29, 1.82) is 0 Å². The molecule has 0 spiro atoms. The van der Waals surface area contributed by atoms with E-state index in [-0.39, 0.29) is 38.6 Å². The molecule has 0 aliphatic carbocycles. The van der Waals surface area contributed by atoms with Gasteiger partial charge in [0.2, 0.25) is 0 Å². The van der Waals surface area contributed by atoms with Crippen molar-refractivity contribution in [3.05, 3.63) is 24.3 Å². The number of unbranched alkanes of at least 4 members (excludes halogenated alkanes) is 36. The number of carboxylic acids is 1. The minimum atomic E-state index is -1.62. The van der Waals surface area contributed by atoms with Crippen LogP contribution in [0.4, 0.5) is 0 Å². The van der Waals surface area contributed by atoms with Crippen molar-refractivity contribution in [3.8, 4) is 0 Å². The largest absolute Gasteiger partial charge is 0.545 e. The van der Waals surface area contributed by atoms with Gasteiger partial charge in [0, 0.05) is 12.8 Å². The molecule has 69 heavy (non-hydrogen) atoms. The van der Waals surface area contributed by atoms with Crippen LogP contribution in [0.15, 0.2) is 24.3 Å². The lowest BCUT2D eigenvalue weighted by atomic mass is 10.0. The van der Waals surface area contributed by atoms with Crippen LogP contribution >= 0.6 is 0 Å². The molecule has 0 bridgehead atoms. The first-order valence-corrected chi connectivity index (χ1v) is 29.5. The lowest BCUT2D eigenvalue weighted by Gasteiger charge is -2.26. The van der Waals surface area contributed by atoms with E-state index in [2.05, 4.69) is 38.2 Å². The van der Waals surface area contributed by atoms with E-state index in [1.807, 2.05) is 21.1 Å². The number of rotatable bonds is 55. The van der Waals surface area contributed by atoms with E-state index in [0.29, 0.717) is 17.4 Å². The Labute approximate surface area is 427 Å². The summed E-state index contributed by atoms with van der Waals surface area (Å²) in [5, 5.41) is 11.8. The molecular formula is C60H113NO8. The molecule has 0 radical (unpaired) electrons. The van der Waals surface area contributed by atoms with Crippen LogP contribution in [0.5, 0.6) is 0 Å². The maximum absolute atomic E-state index is 12.9. The van der Waals surface area contributed by atoms with Gasteiger partial charge in [-0.3, -0.25) is 9.59 Å². The number of esters is 2. The summed E-state index contributed by atoms with van der Waals surface area (Å²) < 4.78 is 22.7. The monoisotopic (exact) mass is 976 g/mol. The van der Waals surface area contributed by atoms with Crippen LogP contribution in [-0.4, -0.2) is 82.3 Å². The molecule has 9 heteroatoms. The van der Waals surface area contributed by atoms with E-state index < -0.39 is 24.3 Å². The molecule has 0 aliphatic rings. The van der Waals surface area contributed by atoms with Crippen molar-refractivity contribution in [2.45, 2.75) is 296 Å². The second-order valence-electron chi connectivity index (χ2n) is 21.3. The number of carboxylic acid groups (broad SMARTS) is 1. The zero-order chi connectivity index (χ0) is 50.6. The number of allylic oxidation sites excluding steroid dienone is 4. The molecule has 0 saturated carbocycles. The van der Waals surface area contributed by atoms with E-state index >= 15 is 0 Å². The first-order valence-electron chi connectivity index (χ1n) is 29.5. The van der Waals surface area contributed by atoms with Crippen molar-refractivity contribution in [1.82, 2.24) is 0 Å². The van der Waals surface area contributed by atoms with E-state index in [1.54, 1.807) is 0 Å². The van der Waals surface area contributed by atoms with Gasteiger partial charge in [-0.15, -0.1) is 0 Å². The Hall–Kier alpha value is -2.23. The number of hydrogen-bond acceptors (Lipinski definition) is 8. The Balaban J connectivity index is 4.13. The molecule has 0 amide bonds. The van der Waals surface area contributed by atoms with Gasteiger partial charge in [0.25, 0.3) is 0 Å². The first-order chi connectivity index (χ1) is 33.6. The lowest BCUT2D eigenvalue weighted by Crippen LogP contribution is -2.44. The topological polar surface area (TPSA) is 111 Å². The van der Waals surface area contributed by atoms with Crippen molar-refractivity contribution < 1.29 is 42.9 Å². The molecule has 0 heterocycles. The van der Waals surface area contributed by atoms with Gasteiger partial charge in [-0.2, -0.15) is 0 Å². The Morgan fingerprint density at radius 2 is 0.739 bits per heavy atom. The van der Waals surface area contributed by atoms with Crippen LogP contribution in [0.25, 0.3) is 0 Å².